The molecule has 3 aliphatic rings. The molecule has 3 rings (SSSR count). The summed E-state index contributed by atoms with van der Waals surface area (Å²) in [7, 11) is -3.61. The van der Waals surface area contributed by atoms with Crippen molar-refractivity contribution in [2.24, 2.45) is 5.92 Å². The number of aliphatic carboxylic acids is 1. The third-order valence-corrected chi connectivity index (χ3v) is 6.84. The summed E-state index contributed by atoms with van der Waals surface area (Å²) < 4.78 is 34.3. The predicted molar refractivity (Wildman–Crippen MR) is 74.9 cm³/mol. The first-order chi connectivity index (χ1) is 9.72. The van der Waals surface area contributed by atoms with Crippen LogP contribution in [0.2, 0.25) is 0 Å². The molecule has 3 aliphatic heterocycles. The molecule has 0 aromatic rings. The quantitative estimate of drug-likeness (QED) is 0.807. The number of carboxylic acid groups (broad SMARTS) is 1. The number of hydrogen-bond acceptors (Lipinski definition) is 4. The highest BCUT2D eigenvalue weighted by atomic mass is 32.2. The second kappa shape index (κ2) is 4.91. The van der Waals surface area contributed by atoms with Crippen molar-refractivity contribution in [2.75, 3.05) is 19.7 Å². The van der Waals surface area contributed by atoms with Crippen LogP contribution >= 0.6 is 0 Å². The van der Waals surface area contributed by atoms with Gasteiger partial charge in [-0.2, -0.15) is 17.0 Å². The molecule has 3 atom stereocenters. The number of morpholine rings is 1. The van der Waals surface area contributed by atoms with Crippen molar-refractivity contribution in [1.29, 1.82) is 0 Å². The predicted octanol–water partition coefficient (Wildman–Crippen LogP) is 0.280. The number of hydrogen-bond donors (Lipinski definition) is 1. The van der Waals surface area contributed by atoms with Crippen molar-refractivity contribution in [2.45, 2.75) is 50.8 Å². The Morgan fingerprint density at radius 2 is 2.05 bits per heavy atom. The van der Waals surface area contributed by atoms with Crippen LogP contribution in [0.1, 0.15) is 33.1 Å². The fourth-order valence-corrected chi connectivity index (χ4v) is 6.08. The number of carboxylic acids is 1. The van der Waals surface area contributed by atoms with E-state index in [9.17, 15) is 18.3 Å². The zero-order valence-corrected chi connectivity index (χ0v) is 13.2. The van der Waals surface area contributed by atoms with E-state index < -0.39 is 27.7 Å². The average Bonchev–Trinajstić information content (AvgIpc) is 2.95. The summed E-state index contributed by atoms with van der Waals surface area (Å²) in [6.45, 7) is 4.75. The minimum atomic E-state index is -3.61. The Kier molecular flexibility index (Phi) is 3.55. The Morgan fingerprint density at radius 3 is 2.62 bits per heavy atom. The van der Waals surface area contributed by atoms with Gasteiger partial charge in [0.1, 0.15) is 0 Å². The Hall–Kier alpha value is -0.700. The largest absolute Gasteiger partial charge is 0.481 e. The van der Waals surface area contributed by atoms with Gasteiger partial charge < -0.3 is 9.84 Å². The highest BCUT2D eigenvalue weighted by Crippen LogP contribution is 2.44. The van der Waals surface area contributed by atoms with E-state index in [2.05, 4.69) is 0 Å². The van der Waals surface area contributed by atoms with E-state index in [1.54, 1.807) is 0 Å². The van der Waals surface area contributed by atoms with Gasteiger partial charge in [0.05, 0.1) is 18.1 Å². The lowest BCUT2D eigenvalue weighted by Crippen LogP contribution is -2.55. The van der Waals surface area contributed by atoms with Crippen LogP contribution in [0, 0.1) is 5.92 Å². The van der Waals surface area contributed by atoms with E-state index in [-0.39, 0.29) is 12.1 Å². The second-order valence-corrected chi connectivity index (χ2v) is 8.59. The maximum absolute atomic E-state index is 12.9. The summed E-state index contributed by atoms with van der Waals surface area (Å²) in [5, 5.41) is 9.26. The molecule has 0 aromatic heterocycles. The van der Waals surface area contributed by atoms with Crippen LogP contribution in [0.15, 0.2) is 0 Å². The lowest BCUT2D eigenvalue weighted by atomic mass is 9.89. The highest BCUT2D eigenvalue weighted by Gasteiger charge is 2.56. The Labute approximate surface area is 125 Å². The molecule has 0 aliphatic carbocycles. The van der Waals surface area contributed by atoms with Gasteiger partial charge in [0.15, 0.2) is 0 Å². The smallest absolute Gasteiger partial charge is 0.308 e. The van der Waals surface area contributed by atoms with E-state index in [4.69, 9.17) is 4.74 Å². The van der Waals surface area contributed by atoms with Crippen molar-refractivity contribution in [3.63, 3.8) is 0 Å². The van der Waals surface area contributed by atoms with E-state index in [1.807, 2.05) is 13.8 Å². The van der Waals surface area contributed by atoms with Crippen molar-refractivity contribution in [1.82, 2.24) is 8.61 Å². The summed E-state index contributed by atoms with van der Waals surface area (Å²) in [5.74, 6) is -1.45. The first kappa shape index (κ1) is 15.2. The first-order valence-electron chi connectivity index (χ1n) is 7.38. The molecule has 1 N–H and O–H groups in total. The van der Waals surface area contributed by atoms with Crippen LogP contribution in [0.3, 0.4) is 0 Å². The minimum absolute atomic E-state index is 0.160. The molecule has 3 heterocycles. The summed E-state index contributed by atoms with van der Waals surface area (Å²) >= 11 is 0. The molecule has 0 saturated carbocycles. The monoisotopic (exact) mass is 318 g/mol. The lowest BCUT2D eigenvalue weighted by Gasteiger charge is -2.39. The summed E-state index contributed by atoms with van der Waals surface area (Å²) in [6.07, 6.45) is 1.85. The fourth-order valence-electron chi connectivity index (χ4n) is 3.87. The Balaban J connectivity index is 1.84. The van der Waals surface area contributed by atoms with Gasteiger partial charge in [-0.25, -0.2) is 0 Å². The molecule has 7 nitrogen and oxygen atoms in total. The number of ether oxygens (including phenoxy) is 1. The van der Waals surface area contributed by atoms with Crippen LogP contribution in [0.4, 0.5) is 0 Å². The Morgan fingerprint density at radius 1 is 1.33 bits per heavy atom. The van der Waals surface area contributed by atoms with E-state index >= 15 is 0 Å². The van der Waals surface area contributed by atoms with Gasteiger partial charge in [-0.3, -0.25) is 4.79 Å². The molecule has 3 fully saturated rings. The zero-order valence-electron chi connectivity index (χ0n) is 12.4. The standard InChI is InChI=1S/C13H22N2O5S/c1-13(2)8-14(5-6-20-13)21(18,19)15-9-3-4-11(15)10(7-9)12(16)17/h9-11H,3-8H2,1-2H3,(H,16,17). The number of rotatable bonds is 3. The normalized spacial score (nSPS) is 37.0. The number of carbonyl (C=O) groups is 1. The molecule has 120 valence electrons. The molecule has 3 unspecified atom stereocenters. The van der Waals surface area contributed by atoms with Crippen LogP contribution in [0.25, 0.3) is 0 Å². The maximum Gasteiger partial charge on any atom is 0.308 e. The van der Waals surface area contributed by atoms with E-state index in [1.165, 1.54) is 8.61 Å². The SMILES string of the molecule is CC1(C)CN(S(=O)(=O)N2C3CCC2C(C(=O)O)C3)CCO1. The summed E-state index contributed by atoms with van der Waals surface area (Å²) in [5.41, 5.74) is -0.504. The topological polar surface area (TPSA) is 87.2 Å². The number of nitrogens with zero attached hydrogens (tertiary/aromatic N) is 2. The molecule has 0 aromatic carbocycles. The molecule has 2 bridgehead atoms. The van der Waals surface area contributed by atoms with Crippen molar-refractivity contribution < 1.29 is 23.1 Å². The van der Waals surface area contributed by atoms with E-state index in [0.717, 1.165) is 6.42 Å². The van der Waals surface area contributed by atoms with Crippen molar-refractivity contribution in [3.05, 3.63) is 0 Å². The van der Waals surface area contributed by atoms with Gasteiger partial charge in [-0.15, -0.1) is 0 Å². The average molecular weight is 318 g/mol. The van der Waals surface area contributed by atoms with Crippen molar-refractivity contribution >= 4 is 16.2 Å². The molecule has 8 heteroatoms. The van der Waals surface area contributed by atoms with Gasteiger partial charge in [0, 0.05) is 25.2 Å². The van der Waals surface area contributed by atoms with Gasteiger partial charge in [-0.1, -0.05) is 0 Å². The van der Waals surface area contributed by atoms with Crippen LogP contribution in [-0.4, -0.2) is 65.5 Å². The van der Waals surface area contributed by atoms with Crippen LogP contribution in [0.5, 0.6) is 0 Å². The second-order valence-electron chi connectivity index (χ2n) is 6.76. The molecule has 21 heavy (non-hydrogen) atoms. The minimum Gasteiger partial charge on any atom is -0.481 e. The molecule has 0 spiro atoms. The summed E-state index contributed by atoms with van der Waals surface area (Å²) in [4.78, 5) is 11.3. The third-order valence-electron chi connectivity index (χ3n) is 4.77. The Bertz CT molecular complexity index is 547. The van der Waals surface area contributed by atoms with Crippen molar-refractivity contribution in [3.8, 4) is 0 Å². The van der Waals surface area contributed by atoms with Gasteiger partial charge in [0.25, 0.3) is 10.2 Å². The molecule has 0 amide bonds. The van der Waals surface area contributed by atoms with E-state index in [0.29, 0.717) is 32.5 Å². The van der Waals surface area contributed by atoms with Crippen LogP contribution in [-0.2, 0) is 19.7 Å². The molecular formula is C13H22N2O5S. The molecule has 0 radical (unpaired) electrons. The van der Waals surface area contributed by atoms with Gasteiger partial charge in [0.2, 0.25) is 0 Å². The zero-order chi connectivity index (χ0) is 15.4. The molecular weight excluding hydrogens is 296 g/mol. The third kappa shape index (κ3) is 2.48. The highest BCUT2D eigenvalue weighted by molar-refractivity contribution is 7.86. The number of fused-ring (bicyclic) bond motifs is 2. The van der Waals surface area contributed by atoms with Gasteiger partial charge >= 0.3 is 5.97 Å². The molecule has 3 saturated heterocycles. The maximum atomic E-state index is 12.9. The first-order valence-corrected chi connectivity index (χ1v) is 8.77. The van der Waals surface area contributed by atoms with Crippen LogP contribution < -0.4 is 0 Å². The lowest BCUT2D eigenvalue weighted by molar-refractivity contribution is -0.142. The van der Waals surface area contributed by atoms with Gasteiger partial charge in [-0.05, 0) is 33.1 Å². The summed E-state index contributed by atoms with van der Waals surface area (Å²) in [6, 6.07) is -0.546. The fraction of sp³-hybridized carbons (Fsp3) is 0.923.